The maximum atomic E-state index is 14.4. The van der Waals surface area contributed by atoms with E-state index in [0.29, 0.717) is 5.56 Å². The van der Waals surface area contributed by atoms with E-state index in [1.54, 1.807) is 0 Å². The first-order chi connectivity index (χ1) is 14.7. The van der Waals surface area contributed by atoms with Crippen molar-refractivity contribution in [1.29, 1.82) is 0 Å². The van der Waals surface area contributed by atoms with Gasteiger partial charge in [0.05, 0.1) is 18.0 Å². The third-order valence-corrected chi connectivity index (χ3v) is 5.71. The molecule has 1 aliphatic rings. The van der Waals surface area contributed by atoms with E-state index in [9.17, 15) is 22.8 Å². The molecule has 1 saturated carbocycles. The van der Waals surface area contributed by atoms with Gasteiger partial charge >= 0.3 is 0 Å². The number of fused-ring (bicyclic) bond motifs is 1. The third-order valence-electron chi connectivity index (χ3n) is 5.71. The minimum absolute atomic E-state index is 0. The Balaban J connectivity index is 0.00000289. The number of aromatic amines is 1. The Bertz CT molecular complexity index is 1230. The first kappa shape index (κ1) is 24.2. The molecule has 2 atom stereocenters. The van der Waals surface area contributed by atoms with Crippen LogP contribution in [0.2, 0.25) is 0 Å². The largest absolute Gasteiger partial charge is 0.554 e. The molecule has 2 heterocycles. The maximum absolute atomic E-state index is 14.4. The van der Waals surface area contributed by atoms with E-state index in [1.165, 1.54) is 31.5 Å². The van der Waals surface area contributed by atoms with Crippen LogP contribution in [-0.4, -0.2) is 28.9 Å². The number of ether oxygens (including phenoxy) is 1. The summed E-state index contributed by atoms with van der Waals surface area (Å²) in [7, 11) is 1.37. The average Bonchev–Trinajstić information content (AvgIpc) is 2.72. The summed E-state index contributed by atoms with van der Waals surface area (Å²) in [6.07, 6.45) is 0.544. The number of halogens is 3. The molecule has 0 saturated heterocycles. The van der Waals surface area contributed by atoms with Crippen molar-refractivity contribution in [3.8, 4) is 5.75 Å². The Labute approximate surface area is 200 Å². The SMILES string of the molecule is COc1cc(F)c[c-]c1C1CCC(F)(F)C[C@H]1c1cc(=O)c2c(C(N)=O)nccc2[nH]1.[Hf]. The van der Waals surface area contributed by atoms with Crippen molar-refractivity contribution >= 4 is 16.8 Å². The zero-order valence-corrected chi connectivity index (χ0v) is 20.6. The Kier molecular flexibility index (Phi) is 6.92. The number of nitrogens with one attached hydrogen (secondary N) is 1. The number of benzene rings is 1. The fourth-order valence-corrected chi connectivity index (χ4v) is 4.33. The molecule has 1 aromatic carbocycles. The predicted octanol–water partition coefficient (Wildman–Crippen LogP) is 3.65. The van der Waals surface area contributed by atoms with E-state index >= 15 is 0 Å². The van der Waals surface area contributed by atoms with Crippen LogP contribution in [0.15, 0.2) is 35.3 Å². The second kappa shape index (κ2) is 9.17. The number of pyridine rings is 2. The summed E-state index contributed by atoms with van der Waals surface area (Å²) in [5.74, 6) is -5.41. The molecule has 2 aromatic heterocycles. The summed E-state index contributed by atoms with van der Waals surface area (Å²) in [4.78, 5) is 31.3. The molecule has 3 N–H and O–H groups in total. The van der Waals surface area contributed by atoms with Gasteiger partial charge in [0.25, 0.3) is 5.91 Å². The Hall–Kier alpha value is -2.49. The molecule has 4 rings (SSSR count). The molecular formula is C22H19F3HfN3O3-. The number of aromatic nitrogens is 2. The fourth-order valence-electron chi connectivity index (χ4n) is 4.33. The van der Waals surface area contributed by atoms with Crippen LogP contribution in [0.1, 0.15) is 52.8 Å². The molecule has 0 bridgehead atoms. The van der Waals surface area contributed by atoms with Gasteiger partial charge in [-0.2, -0.15) is 6.07 Å². The summed E-state index contributed by atoms with van der Waals surface area (Å²) in [5.41, 5.74) is 5.59. The molecule has 3 aromatic rings. The zero-order chi connectivity index (χ0) is 22.3. The van der Waals surface area contributed by atoms with Crippen LogP contribution < -0.4 is 15.9 Å². The van der Waals surface area contributed by atoms with Crippen molar-refractivity contribution in [2.24, 2.45) is 5.73 Å². The van der Waals surface area contributed by atoms with Gasteiger partial charge in [-0.15, -0.1) is 11.6 Å². The number of H-pyrrole nitrogens is 1. The topological polar surface area (TPSA) is 98.1 Å². The molecule has 166 valence electrons. The summed E-state index contributed by atoms with van der Waals surface area (Å²) < 4.78 is 47.7. The number of primary amides is 1. The van der Waals surface area contributed by atoms with Crippen LogP contribution >= 0.6 is 0 Å². The van der Waals surface area contributed by atoms with Gasteiger partial charge in [0.2, 0.25) is 5.92 Å². The molecule has 1 unspecified atom stereocenters. The van der Waals surface area contributed by atoms with Crippen molar-refractivity contribution in [2.75, 3.05) is 7.11 Å². The van der Waals surface area contributed by atoms with Gasteiger partial charge in [0, 0.05) is 74.1 Å². The first-order valence-corrected chi connectivity index (χ1v) is 9.65. The summed E-state index contributed by atoms with van der Waals surface area (Å²) in [6.45, 7) is 0. The maximum Gasteiger partial charge on any atom is 0.268 e. The van der Waals surface area contributed by atoms with Crippen LogP contribution in [0, 0.1) is 11.9 Å². The number of hydrogen-bond acceptors (Lipinski definition) is 4. The minimum atomic E-state index is -2.93. The van der Waals surface area contributed by atoms with Crippen LogP contribution in [0.5, 0.6) is 5.75 Å². The van der Waals surface area contributed by atoms with E-state index in [1.807, 2.05) is 0 Å². The van der Waals surface area contributed by atoms with Crippen LogP contribution in [0.3, 0.4) is 0 Å². The Morgan fingerprint density at radius 2 is 2.09 bits per heavy atom. The standard InChI is InChI=1S/C22H19F3N3O3.Hf/c1-31-18-8-11(23)2-3-13(18)12-4-6-22(24,25)10-14(12)16-9-17(29)19-15(28-16)5-7-27-20(19)21(26)30;/h2,5,7-9,12,14H,4,6,10H2,1H3,(H2,26,30)(H,28,29);/q-1;/t12?,14-;/m1./s1. The van der Waals surface area contributed by atoms with Crippen LogP contribution in [0.25, 0.3) is 10.9 Å². The van der Waals surface area contributed by atoms with Gasteiger partial charge in [-0.1, -0.05) is 6.07 Å². The van der Waals surface area contributed by atoms with Crippen molar-refractivity contribution in [1.82, 2.24) is 9.97 Å². The second-order valence-electron chi connectivity index (χ2n) is 7.65. The molecule has 0 spiro atoms. The van der Waals surface area contributed by atoms with E-state index in [-0.39, 0.29) is 66.7 Å². The molecule has 0 radical (unpaired) electrons. The molecular weight excluding hydrogens is 590 g/mol. The monoisotopic (exact) mass is 610 g/mol. The van der Waals surface area contributed by atoms with Crippen molar-refractivity contribution in [2.45, 2.75) is 37.0 Å². The van der Waals surface area contributed by atoms with Gasteiger partial charge in [0.15, 0.2) is 5.43 Å². The predicted molar refractivity (Wildman–Crippen MR) is 107 cm³/mol. The average molecular weight is 609 g/mol. The van der Waals surface area contributed by atoms with Gasteiger partial charge in [-0.05, 0) is 18.4 Å². The van der Waals surface area contributed by atoms with E-state index in [0.717, 1.165) is 6.07 Å². The van der Waals surface area contributed by atoms with Crippen molar-refractivity contribution < 1.29 is 48.5 Å². The molecule has 10 heteroatoms. The number of nitrogens with zero attached hydrogens (tertiary/aromatic N) is 1. The van der Waals surface area contributed by atoms with Crippen LogP contribution in [-0.2, 0) is 25.8 Å². The number of carbonyl (C=O) groups excluding carboxylic acids is 1. The molecule has 0 aliphatic heterocycles. The Morgan fingerprint density at radius 1 is 1.34 bits per heavy atom. The number of carbonyl (C=O) groups is 1. The number of amides is 1. The Morgan fingerprint density at radius 3 is 2.78 bits per heavy atom. The number of hydrogen-bond donors (Lipinski definition) is 2. The fraction of sp³-hybridized carbons (Fsp3) is 0.318. The third kappa shape index (κ3) is 4.51. The van der Waals surface area contributed by atoms with Gasteiger partial charge < -0.3 is 15.5 Å². The molecule has 1 fully saturated rings. The van der Waals surface area contributed by atoms with Crippen LogP contribution in [0.4, 0.5) is 13.2 Å². The molecule has 1 amide bonds. The zero-order valence-electron chi connectivity index (χ0n) is 17.0. The summed E-state index contributed by atoms with van der Waals surface area (Å²) in [5, 5.41) is 0.00351. The van der Waals surface area contributed by atoms with E-state index < -0.39 is 41.3 Å². The second-order valence-corrected chi connectivity index (χ2v) is 7.65. The van der Waals surface area contributed by atoms with Gasteiger partial charge in [-0.3, -0.25) is 19.0 Å². The van der Waals surface area contributed by atoms with Gasteiger partial charge in [-0.25, -0.2) is 8.78 Å². The normalized spacial score (nSPS) is 19.9. The van der Waals surface area contributed by atoms with E-state index in [2.05, 4.69) is 16.0 Å². The summed E-state index contributed by atoms with van der Waals surface area (Å²) >= 11 is 0. The number of nitrogens with two attached hydrogens (primary N) is 1. The van der Waals surface area contributed by atoms with E-state index in [4.69, 9.17) is 10.5 Å². The van der Waals surface area contributed by atoms with Gasteiger partial charge in [0.1, 0.15) is 5.69 Å². The smallest absolute Gasteiger partial charge is 0.268 e. The van der Waals surface area contributed by atoms with Crippen molar-refractivity contribution in [3.05, 3.63) is 69.5 Å². The number of methoxy groups -OCH3 is 1. The minimum Gasteiger partial charge on any atom is -0.554 e. The van der Waals surface area contributed by atoms with Crippen molar-refractivity contribution in [3.63, 3.8) is 0 Å². The number of alkyl halides is 2. The molecule has 32 heavy (non-hydrogen) atoms. The molecule has 1 aliphatic carbocycles. The first-order valence-electron chi connectivity index (χ1n) is 9.65. The molecule has 6 nitrogen and oxygen atoms in total. The summed E-state index contributed by atoms with van der Waals surface area (Å²) in [6, 6.07) is 7.82. The number of rotatable bonds is 4. The quantitative estimate of drug-likeness (QED) is 0.349.